The van der Waals surface area contributed by atoms with E-state index in [1.54, 1.807) is 18.1 Å². The Morgan fingerprint density at radius 2 is 2.22 bits per heavy atom. The number of hydrogen-bond acceptors (Lipinski definition) is 4. The maximum absolute atomic E-state index is 12.8. The van der Waals surface area contributed by atoms with Crippen LogP contribution in [0.1, 0.15) is 29.4 Å². The number of aryl methyl sites for hydroxylation is 1. The Balaban J connectivity index is 1.75. The molecule has 0 aliphatic carbocycles. The molecule has 7 nitrogen and oxygen atoms in total. The second kappa shape index (κ2) is 5.96. The van der Waals surface area contributed by atoms with Crippen LogP contribution >= 0.6 is 0 Å². The van der Waals surface area contributed by atoms with E-state index in [-0.39, 0.29) is 23.8 Å². The standard InChI is InChI=1S/C16H24N4O3/c1-4-20-12(2)13(7-17-20)15(22)19-6-5-16(10-19)9-18(3)14(21)8-23-11-16/h7H,4-6,8-11H2,1-3H3. The van der Waals surface area contributed by atoms with Crippen molar-refractivity contribution in [2.24, 2.45) is 5.41 Å². The van der Waals surface area contributed by atoms with E-state index in [2.05, 4.69) is 5.10 Å². The van der Waals surface area contributed by atoms with Gasteiger partial charge in [-0.3, -0.25) is 14.3 Å². The molecule has 126 valence electrons. The van der Waals surface area contributed by atoms with Crippen molar-refractivity contribution in [2.75, 3.05) is 39.9 Å². The van der Waals surface area contributed by atoms with Gasteiger partial charge in [0.25, 0.3) is 5.91 Å². The number of aromatic nitrogens is 2. The minimum Gasteiger partial charge on any atom is -0.371 e. The predicted molar refractivity (Wildman–Crippen MR) is 84.0 cm³/mol. The fourth-order valence-corrected chi connectivity index (χ4v) is 3.60. The number of rotatable bonds is 2. The average molecular weight is 320 g/mol. The summed E-state index contributed by atoms with van der Waals surface area (Å²) in [6.07, 6.45) is 2.52. The molecular formula is C16H24N4O3. The third-order valence-electron chi connectivity index (χ3n) is 4.99. The molecule has 1 spiro atoms. The molecule has 0 radical (unpaired) electrons. The molecule has 23 heavy (non-hydrogen) atoms. The Bertz CT molecular complexity index is 627. The van der Waals surface area contributed by atoms with Crippen LogP contribution in [0.4, 0.5) is 0 Å². The zero-order valence-electron chi connectivity index (χ0n) is 14.0. The molecule has 1 aromatic heterocycles. The van der Waals surface area contributed by atoms with Gasteiger partial charge in [0.15, 0.2) is 0 Å². The van der Waals surface area contributed by atoms with Crippen molar-refractivity contribution >= 4 is 11.8 Å². The first-order valence-electron chi connectivity index (χ1n) is 8.09. The lowest BCUT2D eigenvalue weighted by molar-refractivity contribution is -0.132. The van der Waals surface area contributed by atoms with E-state index in [1.807, 2.05) is 23.4 Å². The molecule has 0 N–H and O–H groups in total. The van der Waals surface area contributed by atoms with E-state index in [1.165, 1.54) is 0 Å². The monoisotopic (exact) mass is 320 g/mol. The van der Waals surface area contributed by atoms with Gasteiger partial charge in [0, 0.05) is 44.3 Å². The van der Waals surface area contributed by atoms with Gasteiger partial charge in [-0.2, -0.15) is 5.10 Å². The fourth-order valence-electron chi connectivity index (χ4n) is 3.60. The lowest BCUT2D eigenvalue weighted by atomic mass is 9.88. The first-order valence-corrected chi connectivity index (χ1v) is 8.09. The predicted octanol–water partition coefficient (Wildman–Crippen LogP) is 0.532. The first-order chi connectivity index (χ1) is 11.0. The molecule has 3 rings (SSSR count). The number of hydrogen-bond donors (Lipinski definition) is 0. The van der Waals surface area contributed by atoms with Crippen molar-refractivity contribution in [3.05, 3.63) is 17.5 Å². The maximum Gasteiger partial charge on any atom is 0.257 e. The van der Waals surface area contributed by atoms with Crippen LogP contribution in [0.5, 0.6) is 0 Å². The molecular weight excluding hydrogens is 296 g/mol. The summed E-state index contributed by atoms with van der Waals surface area (Å²) in [5.41, 5.74) is 1.43. The third-order valence-corrected chi connectivity index (χ3v) is 4.99. The van der Waals surface area contributed by atoms with E-state index in [0.29, 0.717) is 31.8 Å². The molecule has 2 saturated heterocycles. The number of carbonyl (C=O) groups excluding carboxylic acids is 2. The minimum atomic E-state index is -0.148. The van der Waals surface area contributed by atoms with Crippen LogP contribution in [0, 0.1) is 12.3 Å². The molecule has 2 fully saturated rings. The van der Waals surface area contributed by atoms with Gasteiger partial charge in [-0.25, -0.2) is 0 Å². The van der Waals surface area contributed by atoms with Crippen molar-refractivity contribution in [2.45, 2.75) is 26.8 Å². The second-order valence-corrected chi connectivity index (χ2v) is 6.68. The minimum absolute atomic E-state index is 0.00622. The molecule has 1 atom stereocenters. The fraction of sp³-hybridized carbons (Fsp3) is 0.688. The van der Waals surface area contributed by atoms with Gasteiger partial charge in [0.2, 0.25) is 5.91 Å². The topological polar surface area (TPSA) is 67.7 Å². The quantitative estimate of drug-likeness (QED) is 0.797. The zero-order chi connectivity index (χ0) is 16.6. The van der Waals surface area contributed by atoms with Crippen molar-refractivity contribution in [1.82, 2.24) is 19.6 Å². The highest BCUT2D eigenvalue weighted by atomic mass is 16.5. The zero-order valence-corrected chi connectivity index (χ0v) is 14.0. The molecule has 0 saturated carbocycles. The summed E-state index contributed by atoms with van der Waals surface area (Å²) < 4.78 is 7.38. The van der Waals surface area contributed by atoms with Crippen LogP contribution in [0.3, 0.4) is 0 Å². The number of amides is 2. The van der Waals surface area contributed by atoms with Gasteiger partial charge in [0.05, 0.1) is 18.4 Å². The Morgan fingerprint density at radius 1 is 1.43 bits per heavy atom. The Kier molecular flexibility index (Phi) is 4.14. The van der Waals surface area contributed by atoms with Crippen LogP contribution in [0.2, 0.25) is 0 Å². The molecule has 3 heterocycles. The smallest absolute Gasteiger partial charge is 0.257 e. The van der Waals surface area contributed by atoms with Crippen molar-refractivity contribution in [3.63, 3.8) is 0 Å². The van der Waals surface area contributed by atoms with Crippen LogP contribution in [0.25, 0.3) is 0 Å². The summed E-state index contributed by atoms with van der Waals surface area (Å²) in [7, 11) is 1.80. The van der Waals surface area contributed by atoms with Crippen molar-refractivity contribution in [1.29, 1.82) is 0 Å². The Hall–Kier alpha value is -1.89. The number of nitrogens with zero attached hydrogens (tertiary/aromatic N) is 4. The SMILES string of the molecule is CCn1ncc(C(=O)N2CCC3(COCC(=O)N(C)C3)C2)c1C. The summed E-state index contributed by atoms with van der Waals surface area (Å²) in [5.74, 6) is 0.0315. The highest BCUT2D eigenvalue weighted by Crippen LogP contribution is 2.34. The van der Waals surface area contributed by atoms with E-state index in [0.717, 1.165) is 18.7 Å². The maximum atomic E-state index is 12.8. The van der Waals surface area contributed by atoms with Gasteiger partial charge in [-0.1, -0.05) is 0 Å². The highest BCUT2D eigenvalue weighted by Gasteiger charge is 2.43. The molecule has 0 aromatic carbocycles. The van der Waals surface area contributed by atoms with Crippen LogP contribution < -0.4 is 0 Å². The van der Waals surface area contributed by atoms with Crippen molar-refractivity contribution in [3.8, 4) is 0 Å². The second-order valence-electron chi connectivity index (χ2n) is 6.68. The third kappa shape index (κ3) is 2.85. The molecule has 2 aliphatic heterocycles. The van der Waals surface area contributed by atoms with Gasteiger partial charge in [-0.15, -0.1) is 0 Å². The number of ether oxygens (including phenoxy) is 1. The molecule has 0 bridgehead atoms. The normalized spacial score (nSPS) is 25.3. The molecule has 1 unspecified atom stereocenters. The van der Waals surface area contributed by atoms with Gasteiger partial charge in [-0.05, 0) is 20.3 Å². The number of carbonyl (C=O) groups is 2. The summed E-state index contributed by atoms with van der Waals surface area (Å²) in [6.45, 7) is 7.31. The van der Waals surface area contributed by atoms with E-state index in [9.17, 15) is 9.59 Å². The van der Waals surface area contributed by atoms with Crippen LogP contribution in [0.15, 0.2) is 6.20 Å². The Morgan fingerprint density at radius 3 is 2.91 bits per heavy atom. The number of likely N-dealkylation sites (N-methyl/N-ethyl adjacent to an activating group) is 1. The summed E-state index contributed by atoms with van der Waals surface area (Å²) in [5, 5.41) is 4.26. The van der Waals surface area contributed by atoms with Gasteiger partial charge in [0.1, 0.15) is 6.61 Å². The summed E-state index contributed by atoms with van der Waals surface area (Å²) >= 11 is 0. The largest absolute Gasteiger partial charge is 0.371 e. The van der Waals surface area contributed by atoms with E-state index in [4.69, 9.17) is 4.74 Å². The lowest BCUT2D eigenvalue weighted by Crippen LogP contribution is -2.41. The summed E-state index contributed by atoms with van der Waals surface area (Å²) in [4.78, 5) is 28.2. The van der Waals surface area contributed by atoms with Gasteiger partial charge >= 0.3 is 0 Å². The number of likely N-dealkylation sites (tertiary alicyclic amines) is 1. The molecule has 2 aliphatic rings. The van der Waals surface area contributed by atoms with Crippen LogP contribution in [-0.4, -0.2) is 71.3 Å². The lowest BCUT2D eigenvalue weighted by Gasteiger charge is -2.29. The van der Waals surface area contributed by atoms with E-state index >= 15 is 0 Å². The van der Waals surface area contributed by atoms with Gasteiger partial charge < -0.3 is 14.5 Å². The first kappa shape index (κ1) is 16.0. The van der Waals surface area contributed by atoms with Crippen LogP contribution in [-0.2, 0) is 16.1 Å². The Labute approximate surface area is 136 Å². The molecule has 1 aromatic rings. The van der Waals surface area contributed by atoms with E-state index < -0.39 is 0 Å². The average Bonchev–Trinajstić information content (AvgIpc) is 3.06. The molecule has 7 heteroatoms. The molecule has 2 amide bonds. The van der Waals surface area contributed by atoms with Crippen molar-refractivity contribution < 1.29 is 14.3 Å². The summed E-state index contributed by atoms with van der Waals surface area (Å²) in [6, 6.07) is 0. The highest BCUT2D eigenvalue weighted by molar-refractivity contribution is 5.95.